The van der Waals surface area contributed by atoms with E-state index in [0.717, 1.165) is 18.4 Å². The molecule has 0 bridgehead atoms. The maximum Gasteiger partial charge on any atom is 0.345 e. The summed E-state index contributed by atoms with van der Waals surface area (Å²) in [5, 5.41) is 45.8. The molecule has 0 aliphatic carbocycles. The fourth-order valence-corrected chi connectivity index (χ4v) is 7.72. The summed E-state index contributed by atoms with van der Waals surface area (Å²) >= 11 is 0. The molecule has 2 unspecified atom stereocenters. The van der Waals surface area contributed by atoms with Crippen LogP contribution in [-0.4, -0.2) is 98.9 Å². The molecule has 2 fully saturated rings. The minimum atomic E-state index is -2.28. The van der Waals surface area contributed by atoms with Crippen LogP contribution in [0.4, 0.5) is 0 Å². The highest BCUT2D eigenvalue weighted by molar-refractivity contribution is 5.95. The van der Waals surface area contributed by atoms with Gasteiger partial charge >= 0.3 is 5.97 Å². The Kier molecular flexibility index (Phi) is 10.9. The van der Waals surface area contributed by atoms with E-state index in [0.29, 0.717) is 61.2 Å². The minimum absolute atomic E-state index is 0.0258. The molecular weight excluding hydrogens is 716 g/mol. The molecule has 2 aliphatic heterocycles. The van der Waals surface area contributed by atoms with Crippen LogP contribution in [0.15, 0.2) is 108 Å². The number of ether oxygens (including phenoxy) is 1. The molecule has 1 aromatic heterocycles. The first-order valence-corrected chi connectivity index (χ1v) is 18.6. The lowest BCUT2D eigenvalue weighted by Gasteiger charge is -2.54. The maximum absolute atomic E-state index is 13.3. The second kappa shape index (κ2) is 16.0. The SMILES string of the molecule is O=C(COc1cccc(C(O)(C(=O)O)c2ccccc2)c1)N1CCC2(CC1)CN(C(=O)c1ccc(CCNCC(O)c3ccc(O)c4[nH]c(=O)ccc34)cc1)C2. The van der Waals surface area contributed by atoms with Crippen LogP contribution in [0.25, 0.3) is 10.9 Å². The van der Waals surface area contributed by atoms with Crippen molar-refractivity contribution in [3.05, 3.63) is 141 Å². The molecule has 1 spiro atoms. The zero-order chi connectivity index (χ0) is 39.5. The van der Waals surface area contributed by atoms with Crippen molar-refractivity contribution >= 4 is 28.7 Å². The van der Waals surface area contributed by atoms with E-state index in [1.54, 1.807) is 47.4 Å². The van der Waals surface area contributed by atoms with E-state index in [4.69, 9.17) is 4.74 Å². The predicted molar refractivity (Wildman–Crippen MR) is 207 cm³/mol. The Morgan fingerprint density at radius 3 is 2.30 bits per heavy atom. The van der Waals surface area contributed by atoms with E-state index in [1.165, 1.54) is 36.4 Å². The number of phenolic OH excluding ortho intramolecular Hbond substituents is 1. The van der Waals surface area contributed by atoms with Gasteiger partial charge in [0.05, 0.1) is 11.6 Å². The van der Waals surface area contributed by atoms with Crippen LogP contribution in [0.2, 0.25) is 0 Å². The fourth-order valence-electron chi connectivity index (χ4n) is 7.72. The van der Waals surface area contributed by atoms with Gasteiger partial charge in [-0.25, -0.2) is 4.79 Å². The molecule has 0 saturated carbocycles. The summed E-state index contributed by atoms with van der Waals surface area (Å²) in [4.78, 5) is 56.4. The quantitative estimate of drug-likeness (QED) is 0.0968. The van der Waals surface area contributed by atoms with Crippen LogP contribution < -0.4 is 15.6 Å². The molecule has 3 heterocycles. The van der Waals surface area contributed by atoms with Gasteiger partial charge in [-0.2, -0.15) is 0 Å². The van der Waals surface area contributed by atoms with Gasteiger partial charge in [0.15, 0.2) is 6.61 Å². The number of aromatic nitrogens is 1. The van der Waals surface area contributed by atoms with Gasteiger partial charge in [0.2, 0.25) is 11.2 Å². The number of aliphatic carboxylic acids is 1. The number of likely N-dealkylation sites (tertiary alicyclic amines) is 2. The second-order valence-corrected chi connectivity index (χ2v) is 14.7. The molecule has 13 heteroatoms. The third-order valence-electron chi connectivity index (χ3n) is 11.0. The highest BCUT2D eigenvalue weighted by Crippen LogP contribution is 2.41. The number of hydrogen-bond acceptors (Lipinski definition) is 9. The third kappa shape index (κ3) is 7.87. The molecule has 7 rings (SSSR count). The molecule has 6 N–H and O–H groups in total. The highest BCUT2D eigenvalue weighted by atomic mass is 16.5. The molecule has 13 nitrogen and oxygen atoms in total. The lowest BCUT2D eigenvalue weighted by molar-refractivity contribution is -0.155. The Balaban J connectivity index is 0.837. The number of carboxylic acids is 1. The van der Waals surface area contributed by atoms with Crippen molar-refractivity contribution in [2.24, 2.45) is 5.41 Å². The number of carbonyl (C=O) groups is 3. The van der Waals surface area contributed by atoms with E-state index >= 15 is 0 Å². The Morgan fingerprint density at radius 2 is 1.59 bits per heavy atom. The molecule has 4 aromatic carbocycles. The van der Waals surface area contributed by atoms with Gasteiger partial charge in [-0.1, -0.05) is 60.7 Å². The van der Waals surface area contributed by atoms with E-state index < -0.39 is 17.7 Å². The monoisotopic (exact) mass is 760 g/mol. The van der Waals surface area contributed by atoms with Gasteiger partial charge in [-0.15, -0.1) is 0 Å². The van der Waals surface area contributed by atoms with Crippen molar-refractivity contribution in [1.29, 1.82) is 0 Å². The lowest BCUT2D eigenvalue weighted by atomic mass is 9.71. The first-order valence-electron chi connectivity index (χ1n) is 18.6. The number of carboxylic acid groups (broad SMARTS) is 1. The van der Waals surface area contributed by atoms with Crippen LogP contribution >= 0.6 is 0 Å². The first-order chi connectivity index (χ1) is 27.0. The predicted octanol–water partition coefficient (Wildman–Crippen LogP) is 3.56. The van der Waals surface area contributed by atoms with Crippen LogP contribution in [0.5, 0.6) is 11.5 Å². The smallest absolute Gasteiger partial charge is 0.345 e. The van der Waals surface area contributed by atoms with Gasteiger partial charge in [0.25, 0.3) is 11.8 Å². The molecule has 2 saturated heterocycles. The molecule has 2 aliphatic rings. The normalized spacial score (nSPS) is 16.5. The summed E-state index contributed by atoms with van der Waals surface area (Å²) in [5.74, 6) is -1.42. The fraction of sp³-hybridized carbons (Fsp3) is 0.302. The average molecular weight is 761 g/mol. The largest absolute Gasteiger partial charge is 0.506 e. The number of aliphatic hydroxyl groups excluding tert-OH is 1. The standard InChI is InChI=1S/C43H44N4O9/c48-35-15-13-33(34-14-16-37(50)45-39(34)35)36(49)24-44-20-17-28-9-11-29(12-10-28)40(52)47-26-42(27-47)18-21-46(22-19-42)38(51)25-56-32-8-4-7-31(23-32)43(55,41(53)54)30-5-2-1-3-6-30/h1-16,23,36,44,48-49,55H,17-22,24-27H2,(H,45,50)(H,53,54). The number of nitrogens with one attached hydrogen (secondary N) is 2. The van der Waals surface area contributed by atoms with Gasteiger partial charge in [-0.3, -0.25) is 14.4 Å². The van der Waals surface area contributed by atoms with Crippen molar-refractivity contribution in [2.75, 3.05) is 45.9 Å². The number of rotatable bonds is 13. The molecule has 0 radical (unpaired) electrons. The number of H-pyrrole nitrogens is 1. The highest BCUT2D eigenvalue weighted by Gasteiger charge is 2.47. The second-order valence-electron chi connectivity index (χ2n) is 14.7. The number of fused-ring (bicyclic) bond motifs is 1. The molecule has 2 atom stereocenters. The number of pyridine rings is 1. The van der Waals surface area contributed by atoms with Crippen molar-refractivity contribution in [1.82, 2.24) is 20.1 Å². The van der Waals surface area contributed by atoms with Crippen LogP contribution in [0.1, 0.15) is 51.6 Å². The Labute approximate surface area is 322 Å². The Morgan fingerprint density at radius 1 is 0.875 bits per heavy atom. The Hall–Kier alpha value is -6.02. The van der Waals surface area contributed by atoms with E-state index in [2.05, 4.69) is 10.3 Å². The first kappa shape index (κ1) is 38.3. The van der Waals surface area contributed by atoms with Crippen LogP contribution in [0.3, 0.4) is 0 Å². The molecule has 5 aromatic rings. The number of aromatic amines is 1. The summed E-state index contributed by atoms with van der Waals surface area (Å²) in [6.07, 6.45) is 1.37. The summed E-state index contributed by atoms with van der Waals surface area (Å²) in [6.45, 7) is 2.99. The van der Waals surface area contributed by atoms with E-state index in [1.807, 2.05) is 29.2 Å². The van der Waals surface area contributed by atoms with Crippen LogP contribution in [0, 0.1) is 5.41 Å². The molecule has 56 heavy (non-hydrogen) atoms. The number of aromatic hydroxyl groups is 1. The summed E-state index contributed by atoms with van der Waals surface area (Å²) in [6, 6.07) is 27.8. The Bertz CT molecular complexity index is 2280. The minimum Gasteiger partial charge on any atom is -0.506 e. The van der Waals surface area contributed by atoms with Crippen molar-refractivity contribution in [2.45, 2.75) is 31.0 Å². The van der Waals surface area contributed by atoms with Gasteiger partial charge in [-0.05, 0) is 78.9 Å². The van der Waals surface area contributed by atoms with Crippen LogP contribution in [-0.2, 0) is 21.6 Å². The number of benzene rings is 4. The van der Waals surface area contributed by atoms with Gasteiger partial charge in [0.1, 0.15) is 11.5 Å². The van der Waals surface area contributed by atoms with Crippen molar-refractivity contribution in [3.8, 4) is 11.5 Å². The summed E-state index contributed by atoms with van der Waals surface area (Å²) < 4.78 is 5.77. The third-order valence-corrected chi connectivity index (χ3v) is 11.0. The lowest BCUT2D eigenvalue weighted by Crippen LogP contribution is -2.62. The van der Waals surface area contributed by atoms with E-state index in [9.17, 15) is 39.6 Å². The number of nitrogens with zero attached hydrogens (tertiary/aromatic N) is 2. The van der Waals surface area contributed by atoms with E-state index in [-0.39, 0.29) is 58.6 Å². The number of hydrogen-bond donors (Lipinski definition) is 6. The number of piperidine rings is 1. The average Bonchev–Trinajstić information content (AvgIpc) is 3.21. The topological polar surface area (TPSA) is 193 Å². The number of phenols is 1. The van der Waals surface area contributed by atoms with Gasteiger partial charge < -0.3 is 45.3 Å². The molecular formula is C43H44N4O9. The van der Waals surface area contributed by atoms with Crippen molar-refractivity contribution < 1.29 is 39.5 Å². The summed E-state index contributed by atoms with van der Waals surface area (Å²) in [7, 11) is 0. The number of carbonyl (C=O) groups excluding carboxylic acids is 2. The molecule has 2 amide bonds. The van der Waals surface area contributed by atoms with Gasteiger partial charge in [0, 0.05) is 60.7 Å². The zero-order valence-electron chi connectivity index (χ0n) is 30.7. The summed E-state index contributed by atoms with van der Waals surface area (Å²) in [5.41, 5.74) is 0.222. The van der Waals surface area contributed by atoms with Crippen molar-refractivity contribution in [3.63, 3.8) is 0 Å². The number of aliphatic hydroxyl groups is 2. The molecule has 290 valence electrons. The number of amides is 2. The zero-order valence-corrected chi connectivity index (χ0v) is 30.7. The maximum atomic E-state index is 13.3.